The molecule has 6 heteroatoms. The van der Waals surface area contributed by atoms with Crippen LogP contribution in [0.15, 0.2) is 41.0 Å². The zero-order valence-electron chi connectivity index (χ0n) is 13.9. The van der Waals surface area contributed by atoms with Gasteiger partial charge >= 0.3 is 0 Å². The Hall–Kier alpha value is -2.36. The number of hydrogen-bond acceptors (Lipinski definition) is 4. The Morgan fingerprint density at radius 3 is 2.84 bits per heavy atom. The average molecular weight is 401 g/mol. The molecule has 1 atom stereocenters. The highest BCUT2D eigenvalue weighted by atomic mass is 79.9. The van der Waals surface area contributed by atoms with Gasteiger partial charge in [-0.05, 0) is 28.1 Å². The molecule has 3 rings (SSSR count). The van der Waals surface area contributed by atoms with E-state index < -0.39 is 5.60 Å². The van der Waals surface area contributed by atoms with Crippen LogP contribution in [0.3, 0.4) is 0 Å². The molecule has 0 spiro atoms. The van der Waals surface area contributed by atoms with Crippen LogP contribution in [0.25, 0.3) is 11.3 Å². The highest BCUT2D eigenvalue weighted by molar-refractivity contribution is 9.10. The maximum atomic E-state index is 12.0. The number of rotatable bonds is 2. The van der Waals surface area contributed by atoms with E-state index >= 15 is 0 Å². The van der Waals surface area contributed by atoms with Crippen molar-refractivity contribution in [1.82, 2.24) is 9.88 Å². The van der Waals surface area contributed by atoms with E-state index in [2.05, 4.69) is 32.8 Å². The molecule has 0 unspecified atom stereocenters. The van der Waals surface area contributed by atoms with Crippen molar-refractivity contribution in [1.29, 1.82) is 0 Å². The smallest absolute Gasteiger partial charge is 0.267 e. The number of carbonyl (C=O) groups is 1. The molecule has 0 aliphatic carbocycles. The van der Waals surface area contributed by atoms with Crippen molar-refractivity contribution in [2.45, 2.75) is 12.0 Å². The van der Waals surface area contributed by atoms with Crippen LogP contribution >= 0.6 is 15.9 Å². The van der Waals surface area contributed by atoms with Gasteiger partial charge in [-0.1, -0.05) is 24.0 Å². The molecule has 128 valence electrons. The molecular weight excluding hydrogens is 384 g/mol. The third-order valence-electron chi connectivity index (χ3n) is 4.08. The number of ether oxygens (including phenoxy) is 1. The van der Waals surface area contributed by atoms with Crippen LogP contribution in [-0.2, 0) is 4.79 Å². The minimum atomic E-state index is -1.60. The largest absolute Gasteiger partial charge is 0.497 e. The van der Waals surface area contributed by atoms with Gasteiger partial charge in [-0.25, -0.2) is 4.98 Å². The second-order valence-electron chi connectivity index (χ2n) is 5.88. The molecule has 0 radical (unpaired) electrons. The molecule has 1 aliphatic heterocycles. The van der Waals surface area contributed by atoms with Gasteiger partial charge in [0, 0.05) is 43.3 Å². The van der Waals surface area contributed by atoms with Crippen LogP contribution in [0, 0.1) is 11.8 Å². The first kappa shape index (κ1) is 17.5. The Morgan fingerprint density at radius 2 is 2.16 bits per heavy atom. The van der Waals surface area contributed by atoms with Crippen LogP contribution in [0.1, 0.15) is 12.0 Å². The number of likely N-dealkylation sites (N-methyl/N-ethyl adjacent to an activating group) is 1. The number of halogens is 1. The molecular formula is C19H17BrN2O3. The second-order valence-corrected chi connectivity index (χ2v) is 6.70. The maximum Gasteiger partial charge on any atom is 0.267 e. The fourth-order valence-corrected chi connectivity index (χ4v) is 3.06. The SMILES string of the molecule is COc1cc(Br)nc(-c2cccc(C#C[C@]3(O)CCN(C)C3=O)c2)c1. The van der Waals surface area contributed by atoms with Crippen LogP contribution in [-0.4, -0.2) is 47.2 Å². The van der Waals surface area contributed by atoms with Crippen LogP contribution in [0.4, 0.5) is 0 Å². The van der Waals surface area contributed by atoms with Gasteiger partial charge in [0.1, 0.15) is 10.4 Å². The van der Waals surface area contributed by atoms with E-state index in [1.54, 1.807) is 20.2 Å². The molecule has 1 fully saturated rings. The van der Waals surface area contributed by atoms with E-state index in [4.69, 9.17) is 4.74 Å². The molecule has 1 saturated heterocycles. The third-order valence-corrected chi connectivity index (χ3v) is 4.49. The topological polar surface area (TPSA) is 62.7 Å². The molecule has 0 saturated carbocycles. The van der Waals surface area contributed by atoms with E-state index in [1.807, 2.05) is 30.3 Å². The fraction of sp³-hybridized carbons (Fsp3) is 0.263. The van der Waals surface area contributed by atoms with Gasteiger partial charge in [-0.3, -0.25) is 4.79 Å². The van der Waals surface area contributed by atoms with E-state index in [0.29, 0.717) is 28.9 Å². The zero-order valence-corrected chi connectivity index (χ0v) is 15.5. The molecule has 5 nitrogen and oxygen atoms in total. The summed E-state index contributed by atoms with van der Waals surface area (Å²) in [6.45, 7) is 0.506. The first-order chi connectivity index (χ1) is 11.9. The summed E-state index contributed by atoms with van der Waals surface area (Å²) in [5.41, 5.74) is 0.717. The number of amides is 1. The van der Waals surface area contributed by atoms with Gasteiger partial charge in [0.15, 0.2) is 0 Å². The molecule has 2 aromatic rings. The number of aromatic nitrogens is 1. The summed E-state index contributed by atoms with van der Waals surface area (Å²) in [5, 5.41) is 10.4. The number of methoxy groups -OCH3 is 1. The Morgan fingerprint density at radius 1 is 1.36 bits per heavy atom. The number of likely N-dealkylation sites (tertiary alicyclic amines) is 1. The van der Waals surface area contributed by atoms with Gasteiger partial charge in [0.05, 0.1) is 12.8 Å². The van der Waals surface area contributed by atoms with Gasteiger partial charge in [0.25, 0.3) is 5.91 Å². The van der Waals surface area contributed by atoms with E-state index in [9.17, 15) is 9.90 Å². The summed E-state index contributed by atoms with van der Waals surface area (Å²) < 4.78 is 5.94. The minimum absolute atomic E-state index is 0.319. The van der Waals surface area contributed by atoms with Gasteiger partial charge < -0.3 is 14.7 Å². The molecule has 25 heavy (non-hydrogen) atoms. The van der Waals surface area contributed by atoms with Crippen molar-refractivity contribution >= 4 is 21.8 Å². The lowest BCUT2D eigenvalue weighted by Crippen LogP contribution is -2.37. The Balaban J connectivity index is 1.92. The standard InChI is InChI=1S/C19H17BrN2O3/c1-22-9-8-19(24,18(22)23)7-6-13-4-3-5-14(10-13)16-11-15(25-2)12-17(20)21-16/h3-5,10-12,24H,8-9H2,1-2H3/t19-/m0/s1. The van der Waals surface area contributed by atoms with Gasteiger partial charge in [-0.2, -0.15) is 0 Å². The molecule has 0 bridgehead atoms. The number of benzene rings is 1. The lowest BCUT2D eigenvalue weighted by atomic mass is 10.0. The molecule has 1 aromatic carbocycles. The number of nitrogens with zero attached hydrogens (tertiary/aromatic N) is 2. The summed E-state index contributed by atoms with van der Waals surface area (Å²) in [7, 11) is 3.26. The number of carbonyl (C=O) groups excluding carboxylic acids is 1. The highest BCUT2D eigenvalue weighted by Gasteiger charge is 2.42. The summed E-state index contributed by atoms with van der Waals surface area (Å²) in [6.07, 6.45) is 0.319. The maximum absolute atomic E-state index is 12.0. The third kappa shape index (κ3) is 3.68. The monoisotopic (exact) mass is 400 g/mol. The predicted octanol–water partition coefficient (Wildman–Crippen LogP) is 2.46. The van der Waals surface area contributed by atoms with Crippen molar-refractivity contribution in [2.75, 3.05) is 20.7 Å². The lowest BCUT2D eigenvalue weighted by molar-refractivity contribution is -0.137. The lowest BCUT2D eigenvalue weighted by Gasteiger charge is -2.13. The molecule has 1 amide bonds. The first-order valence-electron chi connectivity index (χ1n) is 7.74. The van der Waals surface area contributed by atoms with Crippen molar-refractivity contribution in [3.05, 3.63) is 46.6 Å². The van der Waals surface area contributed by atoms with E-state index in [-0.39, 0.29) is 5.91 Å². The number of aliphatic hydroxyl groups is 1. The first-order valence-corrected chi connectivity index (χ1v) is 8.54. The molecule has 2 heterocycles. The second kappa shape index (κ2) is 6.87. The van der Waals surface area contributed by atoms with Gasteiger partial charge in [0.2, 0.25) is 5.60 Å². The van der Waals surface area contributed by atoms with Gasteiger partial charge in [-0.15, -0.1) is 0 Å². The van der Waals surface area contributed by atoms with Crippen molar-refractivity contribution in [2.24, 2.45) is 0 Å². The summed E-state index contributed by atoms with van der Waals surface area (Å²) in [6, 6.07) is 11.1. The van der Waals surface area contributed by atoms with Crippen molar-refractivity contribution < 1.29 is 14.6 Å². The van der Waals surface area contributed by atoms with Crippen LogP contribution < -0.4 is 4.74 Å². The summed E-state index contributed by atoms with van der Waals surface area (Å²) in [4.78, 5) is 17.9. The Kier molecular flexibility index (Phi) is 4.80. The number of hydrogen-bond donors (Lipinski definition) is 1. The normalized spacial score (nSPS) is 19.5. The zero-order chi connectivity index (χ0) is 18.0. The highest BCUT2D eigenvalue weighted by Crippen LogP contribution is 2.26. The average Bonchev–Trinajstić information content (AvgIpc) is 2.88. The number of pyridine rings is 1. The summed E-state index contributed by atoms with van der Waals surface area (Å²) in [5.74, 6) is 5.98. The quantitative estimate of drug-likeness (QED) is 0.621. The Labute approximate surface area is 154 Å². The Bertz CT molecular complexity index is 888. The van der Waals surface area contributed by atoms with Crippen molar-refractivity contribution in [3.63, 3.8) is 0 Å². The van der Waals surface area contributed by atoms with Crippen LogP contribution in [0.5, 0.6) is 5.75 Å². The fourth-order valence-electron chi connectivity index (χ4n) is 2.64. The van der Waals surface area contributed by atoms with Crippen LogP contribution in [0.2, 0.25) is 0 Å². The predicted molar refractivity (Wildman–Crippen MR) is 98.0 cm³/mol. The van der Waals surface area contributed by atoms with E-state index in [1.165, 1.54) is 4.90 Å². The molecule has 1 aromatic heterocycles. The van der Waals surface area contributed by atoms with Crippen molar-refractivity contribution in [3.8, 4) is 28.8 Å². The summed E-state index contributed by atoms with van der Waals surface area (Å²) >= 11 is 3.37. The van der Waals surface area contributed by atoms with E-state index in [0.717, 1.165) is 11.3 Å². The minimum Gasteiger partial charge on any atom is -0.497 e. The molecule has 1 aliphatic rings. The molecule has 1 N–H and O–H groups in total.